The Morgan fingerprint density at radius 3 is 2.50 bits per heavy atom. The highest BCUT2D eigenvalue weighted by molar-refractivity contribution is 5.12. The molecule has 4 aliphatic rings. The second-order valence-electron chi connectivity index (χ2n) is 11.6. The maximum Gasteiger partial charge on any atom is 0.0602 e. The number of aliphatic hydroxyl groups is 1. The third-order valence-corrected chi connectivity index (χ3v) is 10.5. The zero-order valence-electron chi connectivity index (χ0n) is 18.1. The molecule has 4 aliphatic carbocycles. The molecule has 0 radical (unpaired) electrons. The van der Waals surface area contributed by atoms with Crippen LogP contribution in [-0.2, 0) is 0 Å². The maximum absolute atomic E-state index is 11.5. The van der Waals surface area contributed by atoms with E-state index in [0.717, 1.165) is 47.8 Å². The van der Waals surface area contributed by atoms with Gasteiger partial charge in [-0.05, 0) is 97.2 Å². The van der Waals surface area contributed by atoms with E-state index in [1.807, 2.05) is 0 Å². The van der Waals surface area contributed by atoms with Gasteiger partial charge in [0.2, 0.25) is 0 Å². The van der Waals surface area contributed by atoms with E-state index in [2.05, 4.69) is 34.6 Å². The van der Waals surface area contributed by atoms with Gasteiger partial charge in [-0.15, -0.1) is 0 Å². The molecule has 1 N–H and O–H groups in total. The summed E-state index contributed by atoms with van der Waals surface area (Å²) in [7, 11) is 0. The lowest BCUT2D eigenvalue weighted by atomic mass is 9.43. The van der Waals surface area contributed by atoms with Crippen molar-refractivity contribution in [2.45, 2.75) is 105 Å². The molecule has 0 bridgehead atoms. The van der Waals surface area contributed by atoms with Crippen LogP contribution in [0.4, 0.5) is 0 Å². The Bertz CT molecular complexity index is 514. The normalized spacial score (nSPS) is 54.9. The smallest absolute Gasteiger partial charge is 0.0602 e. The van der Waals surface area contributed by atoms with Gasteiger partial charge in [0.15, 0.2) is 0 Å². The van der Waals surface area contributed by atoms with Gasteiger partial charge >= 0.3 is 0 Å². The summed E-state index contributed by atoms with van der Waals surface area (Å²) >= 11 is 0. The number of hydrogen-bond acceptors (Lipinski definition) is 1. The van der Waals surface area contributed by atoms with Crippen molar-refractivity contribution in [3.8, 4) is 0 Å². The van der Waals surface area contributed by atoms with Crippen LogP contribution in [0.3, 0.4) is 0 Å². The summed E-state index contributed by atoms with van der Waals surface area (Å²) in [5, 5.41) is 11.5. The Balaban J connectivity index is 1.61. The van der Waals surface area contributed by atoms with E-state index in [1.54, 1.807) is 0 Å². The highest BCUT2D eigenvalue weighted by Crippen LogP contribution is 2.68. The molecule has 0 aliphatic heterocycles. The molecule has 10 atom stereocenters. The van der Waals surface area contributed by atoms with Gasteiger partial charge in [-0.3, -0.25) is 0 Å². The average molecular weight is 361 g/mol. The first-order valence-corrected chi connectivity index (χ1v) is 12.0. The first-order valence-electron chi connectivity index (χ1n) is 12.0. The molecule has 0 amide bonds. The summed E-state index contributed by atoms with van der Waals surface area (Å²) in [5.41, 5.74) is 0.714. The average Bonchev–Trinajstić information content (AvgIpc) is 2.96. The molecule has 0 heterocycles. The van der Waals surface area contributed by atoms with Crippen molar-refractivity contribution in [1.29, 1.82) is 0 Å². The first kappa shape index (κ1) is 19.3. The molecule has 4 fully saturated rings. The Kier molecular flexibility index (Phi) is 5.03. The molecule has 0 spiro atoms. The summed E-state index contributed by atoms with van der Waals surface area (Å²) in [6, 6.07) is 0. The zero-order chi connectivity index (χ0) is 18.7. The van der Waals surface area contributed by atoms with Crippen LogP contribution in [-0.4, -0.2) is 11.2 Å². The predicted octanol–water partition coefficient (Wildman–Crippen LogP) is 6.69. The molecular formula is C25H44O. The highest BCUT2D eigenvalue weighted by Gasteiger charge is 2.63. The van der Waals surface area contributed by atoms with E-state index >= 15 is 0 Å². The van der Waals surface area contributed by atoms with Crippen molar-refractivity contribution in [1.82, 2.24) is 0 Å². The standard InChI is InChI=1S/C25H44O/c1-6-7-17(3)20-10-11-21-19-9-8-18-14-16(2)12-13-24(18,4)22(19)15-23(26)25(20,21)5/h16-23,26H,6-15H2,1-5H3/t16-,17-,18-,19+,20-,21+,22+,23?,24+,25-/m1/s1. The van der Waals surface area contributed by atoms with E-state index < -0.39 is 0 Å². The molecular weight excluding hydrogens is 316 g/mol. The quantitative estimate of drug-likeness (QED) is 0.594. The van der Waals surface area contributed by atoms with Gasteiger partial charge in [-0.2, -0.15) is 0 Å². The lowest BCUT2D eigenvalue weighted by Gasteiger charge is -2.62. The monoisotopic (exact) mass is 360 g/mol. The summed E-state index contributed by atoms with van der Waals surface area (Å²) in [6.07, 6.45) is 13.7. The maximum atomic E-state index is 11.5. The number of rotatable bonds is 3. The van der Waals surface area contributed by atoms with Crippen molar-refractivity contribution >= 4 is 0 Å². The van der Waals surface area contributed by atoms with Crippen molar-refractivity contribution in [3.05, 3.63) is 0 Å². The molecule has 0 aromatic heterocycles. The van der Waals surface area contributed by atoms with Crippen LogP contribution in [0, 0.1) is 52.3 Å². The number of hydrogen-bond donors (Lipinski definition) is 1. The lowest BCUT2D eigenvalue weighted by molar-refractivity contribution is -0.171. The summed E-state index contributed by atoms with van der Waals surface area (Å²) in [5.74, 6) is 5.87. The molecule has 0 aromatic carbocycles. The van der Waals surface area contributed by atoms with Gasteiger partial charge in [0.1, 0.15) is 0 Å². The van der Waals surface area contributed by atoms with E-state index in [9.17, 15) is 5.11 Å². The minimum Gasteiger partial charge on any atom is -0.393 e. The molecule has 1 nitrogen and oxygen atoms in total. The third-order valence-electron chi connectivity index (χ3n) is 10.5. The summed E-state index contributed by atoms with van der Waals surface area (Å²) in [6.45, 7) is 12.4. The third kappa shape index (κ3) is 2.66. The van der Waals surface area contributed by atoms with Gasteiger partial charge in [0, 0.05) is 0 Å². The first-order chi connectivity index (χ1) is 12.3. The summed E-state index contributed by atoms with van der Waals surface area (Å²) < 4.78 is 0. The van der Waals surface area contributed by atoms with Gasteiger partial charge < -0.3 is 5.11 Å². The zero-order valence-corrected chi connectivity index (χ0v) is 18.1. The van der Waals surface area contributed by atoms with Gasteiger partial charge in [-0.25, -0.2) is 0 Å². The van der Waals surface area contributed by atoms with Crippen molar-refractivity contribution in [2.24, 2.45) is 52.3 Å². The minimum atomic E-state index is -0.0597. The predicted molar refractivity (Wildman–Crippen MR) is 110 cm³/mol. The second-order valence-corrected chi connectivity index (χ2v) is 11.6. The second kappa shape index (κ2) is 6.78. The SMILES string of the molecule is CCC[C@@H](C)[C@H]1CC[C@H]2[C@@H]3CC[C@@H]4C[C@H](C)CC[C@]4(C)[C@H]3CC(O)[C@]12C. The van der Waals surface area contributed by atoms with E-state index in [4.69, 9.17) is 0 Å². The van der Waals surface area contributed by atoms with Crippen LogP contribution in [0.2, 0.25) is 0 Å². The van der Waals surface area contributed by atoms with Crippen LogP contribution >= 0.6 is 0 Å². The van der Waals surface area contributed by atoms with E-state index in [-0.39, 0.29) is 11.5 Å². The Morgan fingerprint density at radius 2 is 1.77 bits per heavy atom. The van der Waals surface area contributed by atoms with Crippen molar-refractivity contribution in [2.75, 3.05) is 0 Å². The number of fused-ring (bicyclic) bond motifs is 5. The molecule has 26 heavy (non-hydrogen) atoms. The Hall–Kier alpha value is -0.0400. The molecule has 4 rings (SSSR count). The van der Waals surface area contributed by atoms with Crippen LogP contribution < -0.4 is 0 Å². The molecule has 0 saturated heterocycles. The van der Waals surface area contributed by atoms with Crippen LogP contribution in [0.1, 0.15) is 98.8 Å². The molecule has 1 heteroatoms. The highest BCUT2D eigenvalue weighted by atomic mass is 16.3. The summed E-state index contributed by atoms with van der Waals surface area (Å²) in [4.78, 5) is 0. The van der Waals surface area contributed by atoms with Crippen LogP contribution in [0.15, 0.2) is 0 Å². The topological polar surface area (TPSA) is 20.2 Å². The molecule has 1 unspecified atom stereocenters. The van der Waals surface area contributed by atoms with E-state index in [1.165, 1.54) is 57.8 Å². The van der Waals surface area contributed by atoms with Gasteiger partial charge in [-0.1, -0.05) is 53.9 Å². The largest absolute Gasteiger partial charge is 0.393 e. The van der Waals surface area contributed by atoms with E-state index in [0.29, 0.717) is 5.41 Å². The van der Waals surface area contributed by atoms with Crippen LogP contribution in [0.25, 0.3) is 0 Å². The fourth-order valence-corrected chi connectivity index (χ4v) is 9.05. The van der Waals surface area contributed by atoms with Crippen molar-refractivity contribution < 1.29 is 5.11 Å². The minimum absolute atomic E-state index is 0.0597. The van der Waals surface area contributed by atoms with Gasteiger partial charge in [0.05, 0.1) is 6.10 Å². The Morgan fingerprint density at radius 1 is 1.00 bits per heavy atom. The molecule has 150 valence electrons. The van der Waals surface area contributed by atoms with Crippen LogP contribution in [0.5, 0.6) is 0 Å². The lowest BCUT2D eigenvalue weighted by Crippen LogP contribution is -2.58. The fraction of sp³-hybridized carbons (Fsp3) is 1.00. The van der Waals surface area contributed by atoms with Gasteiger partial charge in [0.25, 0.3) is 0 Å². The Labute approximate surface area is 162 Å². The molecule has 4 saturated carbocycles. The molecule has 0 aromatic rings. The number of aliphatic hydroxyl groups excluding tert-OH is 1. The van der Waals surface area contributed by atoms with Crippen molar-refractivity contribution in [3.63, 3.8) is 0 Å². The fourth-order valence-electron chi connectivity index (χ4n) is 9.05.